The Labute approximate surface area is 171 Å². The molecule has 2 aromatic carbocycles. The van der Waals surface area contributed by atoms with Crippen LogP contribution in [0.25, 0.3) is 22.0 Å². The topological polar surface area (TPSA) is 3.88 Å². The molecular weight excluding hydrogens is 338 g/mol. The van der Waals surface area contributed by atoms with E-state index in [9.17, 15) is 0 Å². The second kappa shape index (κ2) is 7.03. The van der Waals surface area contributed by atoms with Gasteiger partial charge in [0.15, 0.2) is 5.69 Å². The highest BCUT2D eigenvalue weighted by molar-refractivity contribution is 5.94. The Bertz CT molecular complexity index is 1030. The molecule has 0 radical (unpaired) electrons. The molecule has 0 saturated heterocycles. The third-order valence-electron chi connectivity index (χ3n) is 5.69. The fourth-order valence-corrected chi connectivity index (χ4v) is 4.02. The minimum absolute atomic E-state index is 0.139. The molecule has 0 amide bonds. The van der Waals surface area contributed by atoms with Crippen molar-refractivity contribution in [2.45, 2.75) is 67.2 Å². The second-order valence-corrected chi connectivity index (χ2v) is 10.6. The summed E-state index contributed by atoms with van der Waals surface area (Å²) in [6.45, 7) is 18.2. The molecule has 0 aliphatic heterocycles. The van der Waals surface area contributed by atoms with Crippen LogP contribution in [0.1, 0.15) is 63.9 Å². The Morgan fingerprint density at radius 1 is 0.821 bits per heavy atom. The number of benzene rings is 2. The fraction of sp³-hybridized carbons (Fsp3) is 0.444. The molecule has 28 heavy (non-hydrogen) atoms. The third kappa shape index (κ3) is 4.14. The third-order valence-corrected chi connectivity index (χ3v) is 5.69. The van der Waals surface area contributed by atoms with Crippen molar-refractivity contribution >= 4 is 10.8 Å². The van der Waals surface area contributed by atoms with E-state index in [1.807, 2.05) is 0 Å². The quantitative estimate of drug-likeness (QED) is 0.433. The largest absolute Gasteiger partial charge is 0.220 e. The summed E-state index contributed by atoms with van der Waals surface area (Å²) in [6.07, 6.45) is 1.09. The van der Waals surface area contributed by atoms with Gasteiger partial charge < -0.3 is 0 Å². The summed E-state index contributed by atoms with van der Waals surface area (Å²) in [4.78, 5) is 0. The number of hydrogen-bond acceptors (Lipinski definition) is 0. The zero-order chi connectivity index (χ0) is 20.9. The van der Waals surface area contributed by atoms with Gasteiger partial charge in [-0.1, -0.05) is 65.8 Å². The lowest BCUT2D eigenvalue weighted by Crippen LogP contribution is -2.35. The van der Waals surface area contributed by atoms with Gasteiger partial charge in [0.1, 0.15) is 7.05 Å². The van der Waals surface area contributed by atoms with Gasteiger partial charge in [0.2, 0.25) is 5.69 Å². The van der Waals surface area contributed by atoms with Crippen LogP contribution >= 0.6 is 0 Å². The van der Waals surface area contributed by atoms with Gasteiger partial charge in [0.05, 0.1) is 10.9 Å². The predicted molar refractivity (Wildman–Crippen MR) is 122 cm³/mol. The molecule has 0 bridgehead atoms. The summed E-state index contributed by atoms with van der Waals surface area (Å²) in [6, 6.07) is 16.3. The molecule has 148 valence electrons. The number of fused-ring (bicyclic) bond motifs is 1. The van der Waals surface area contributed by atoms with Gasteiger partial charge in [-0.25, -0.2) is 0 Å². The predicted octanol–water partition coefficient (Wildman–Crippen LogP) is 6.83. The standard InChI is InChI=1S/C27H36N/c1-18-10-12-22(27(6,7)8)16-24(18)25-23-13-11-20(17-26(3,4)5)15-21(23)14-19(2)28(25)9/h10-16H,17H2,1-9H3/q+1. The summed E-state index contributed by atoms with van der Waals surface area (Å²) in [5.74, 6) is 0. The van der Waals surface area contributed by atoms with E-state index < -0.39 is 0 Å². The first-order valence-corrected chi connectivity index (χ1v) is 10.4. The fourth-order valence-electron chi connectivity index (χ4n) is 4.02. The normalized spacial score (nSPS) is 12.6. The van der Waals surface area contributed by atoms with E-state index in [2.05, 4.69) is 109 Å². The van der Waals surface area contributed by atoms with Crippen LogP contribution in [0.15, 0.2) is 42.5 Å². The van der Waals surface area contributed by atoms with Crippen LogP contribution < -0.4 is 4.57 Å². The molecule has 1 nitrogen and oxygen atoms in total. The van der Waals surface area contributed by atoms with Crippen molar-refractivity contribution in [1.29, 1.82) is 0 Å². The van der Waals surface area contributed by atoms with Gasteiger partial charge in [-0.05, 0) is 58.4 Å². The molecule has 0 saturated carbocycles. The number of hydrogen-bond donors (Lipinski definition) is 0. The Morgan fingerprint density at radius 2 is 1.50 bits per heavy atom. The average Bonchev–Trinajstić information content (AvgIpc) is 2.54. The molecule has 3 aromatic rings. The monoisotopic (exact) mass is 374 g/mol. The van der Waals surface area contributed by atoms with Crippen LogP contribution in [0, 0.1) is 19.3 Å². The number of aromatic nitrogens is 1. The lowest BCUT2D eigenvalue weighted by molar-refractivity contribution is -0.665. The van der Waals surface area contributed by atoms with Crippen molar-refractivity contribution in [1.82, 2.24) is 0 Å². The highest BCUT2D eigenvalue weighted by atomic mass is 14.9. The van der Waals surface area contributed by atoms with Gasteiger partial charge in [-0.2, -0.15) is 4.57 Å². The van der Waals surface area contributed by atoms with Crippen LogP contribution in [0.2, 0.25) is 0 Å². The van der Waals surface area contributed by atoms with Crippen LogP contribution in [0.3, 0.4) is 0 Å². The number of rotatable bonds is 2. The molecule has 0 atom stereocenters. The van der Waals surface area contributed by atoms with Crippen LogP contribution in [-0.4, -0.2) is 0 Å². The van der Waals surface area contributed by atoms with Crippen LogP contribution in [0.5, 0.6) is 0 Å². The van der Waals surface area contributed by atoms with Crippen molar-refractivity contribution in [3.8, 4) is 11.3 Å². The van der Waals surface area contributed by atoms with E-state index in [-0.39, 0.29) is 5.41 Å². The van der Waals surface area contributed by atoms with E-state index in [1.165, 1.54) is 44.4 Å². The summed E-state index contributed by atoms with van der Waals surface area (Å²) in [5, 5.41) is 2.67. The first-order valence-electron chi connectivity index (χ1n) is 10.4. The molecule has 0 aliphatic rings. The van der Waals surface area contributed by atoms with Crippen LogP contribution in [-0.2, 0) is 18.9 Å². The van der Waals surface area contributed by atoms with Gasteiger partial charge in [0, 0.05) is 13.0 Å². The van der Waals surface area contributed by atoms with Gasteiger partial charge >= 0.3 is 0 Å². The Balaban J connectivity index is 2.28. The maximum Gasteiger partial charge on any atom is 0.220 e. The maximum absolute atomic E-state index is 2.40. The molecule has 3 rings (SSSR count). The Morgan fingerprint density at radius 3 is 2.11 bits per heavy atom. The highest BCUT2D eigenvalue weighted by Crippen LogP contribution is 2.33. The molecule has 0 N–H and O–H groups in total. The lowest BCUT2D eigenvalue weighted by atomic mass is 9.84. The Kier molecular flexibility index (Phi) is 5.17. The van der Waals surface area contributed by atoms with E-state index >= 15 is 0 Å². The highest BCUT2D eigenvalue weighted by Gasteiger charge is 2.23. The van der Waals surface area contributed by atoms with Gasteiger partial charge in [-0.3, -0.25) is 0 Å². The van der Waals surface area contributed by atoms with Crippen molar-refractivity contribution in [2.24, 2.45) is 12.5 Å². The first-order chi connectivity index (χ1) is 12.9. The van der Waals surface area contributed by atoms with Crippen LogP contribution in [0.4, 0.5) is 0 Å². The SMILES string of the molecule is Cc1ccc(C(C)(C)C)cc1-c1c2ccc(CC(C)(C)C)cc2cc(C)[n+]1C. The summed E-state index contributed by atoms with van der Waals surface area (Å²) < 4.78 is 2.35. The molecule has 0 unspecified atom stereocenters. The van der Waals surface area contributed by atoms with E-state index in [0.29, 0.717) is 5.41 Å². The van der Waals surface area contributed by atoms with E-state index in [0.717, 1.165) is 6.42 Å². The average molecular weight is 375 g/mol. The maximum atomic E-state index is 2.40. The molecule has 0 spiro atoms. The van der Waals surface area contributed by atoms with Crippen molar-refractivity contribution in [3.05, 3.63) is 64.8 Å². The molecular formula is C27H36N+. The lowest BCUT2D eigenvalue weighted by Gasteiger charge is -2.21. The van der Waals surface area contributed by atoms with E-state index in [4.69, 9.17) is 0 Å². The minimum atomic E-state index is 0.139. The van der Waals surface area contributed by atoms with Crippen molar-refractivity contribution in [3.63, 3.8) is 0 Å². The van der Waals surface area contributed by atoms with Crippen molar-refractivity contribution in [2.75, 3.05) is 0 Å². The summed E-state index contributed by atoms with van der Waals surface area (Å²) >= 11 is 0. The zero-order valence-electron chi connectivity index (χ0n) is 19.2. The Hall–Kier alpha value is -2.15. The minimum Gasteiger partial charge on any atom is -0.198 e. The smallest absolute Gasteiger partial charge is 0.198 e. The number of aryl methyl sites for hydroxylation is 2. The van der Waals surface area contributed by atoms with E-state index in [1.54, 1.807) is 0 Å². The molecule has 0 fully saturated rings. The zero-order valence-corrected chi connectivity index (χ0v) is 19.2. The van der Waals surface area contributed by atoms with Gasteiger partial charge in [0.25, 0.3) is 0 Å². The molecule has 1 heterocycles. The second-order valence-electron chi connectivity index (χ2n) is 10.6. The number of pyridine rings is 1. The van der Waals surface area contributed by atoms with Crippen molar-refractivity contribution < 1.29 is 4.57 Å². The summed E-state index contributed by atoms with van der Waals surface area (Å²) in [5.41, 5.74) is 8.51. The molecule has 1 heteroatoms. The molecule has 0 aliphatic carbocycles. The van der Waals surface area contributed by atoms with Gasteiger partial charge in [-0.15, -0.1) is 0 Å². The molecule has 1 aromatic heterocycles. The summed E-state index contributed by atoms with van der Waals surface area (Å²) in [7, 11) is 2.19. The first kappa shape index (κ1) is 20.6. The number of nitrogens with zero attached hydrogens (tertiary/aromatic N) is 1.